The molecule has 0 aromatic heterocycles. The van der Waals surface area contributed by atoms with E-state index in [4.69, 9.17) is 4.74 Å². The normalized spacial score (nSPS) is 14.2. The molecule has 3 aromatic carbocycles. The molecule has 1 heterocycles. The highest BCUT2D eigenvalue weighted by Gasteiger charge is 2.30. The maximum absolute atomic E-state index is 13.0. The number of hydrazone groups is 1. The molecule has 206 valence electrons. The van der Waals surface area contributed by atoms with Gasteiger partial charge in [0.2, 0.25) is 5.96 Å². The maximum Gasteiger partial charge on any atom is 0.416 e. The van der Waals surface area contributed by atoms with Gasteiger partial charge in [-0.3, -0.25) is 15.5 Å². The number of hydrogen-bond acceptors (Lipinski definition) is 6. The second-order valence-corrected chi connectivity index (χ2v) is 10.8. The van der Waals surface area contributed by atoms with Crippen molar-refractivity contribution < 1.29 is 22.7 Å². The Morgan fingerprint density at radius 3 is 2.10 bits per heavy atom. The molecule has 1 unspecified atom stereocenters. The third-order valence-corrected chi connectivity index (χ3v) is 6.26. The number of aryl methyl sites for hydroxylation is 2. The van der Waals surface area contributed by atoms with Crippen LogP contribution in [0.15, 0.2) is 65.8 Å². The number of guanidine groups is 1. The standard InChI is InChI=1S/C29H32F3N5O2/c1-17-14-23(15-18(2)25(17)20-10-12-22(13-11-20)29(30,31)32)39-24(16-28(3,4)5)19-6-8-21(9-7-19)26(38)33-27-34-36-37-35-27/h6-15,24,36-37H,16H2,1-5H3,(H2,33,34,35,38). The summed E-state index contributed by atoms with van der Waals surface area (Å²) >= 11 is 0. The van der Waals surface area contributed by atoms with Crippen LogP contribution >= 0.6 is 0 Å². The highest BCUT2D eigenvalue weighted by molar-refractivity contribution is 6.05. The van der Waals surface area contributed by atoms with Crippen LogP contribution in [-0.2, 0) is 6.18 Å². The van der Waals surface area contributed by atoms with Crippen molar-refractivity contribution in [2.24, 2.45) is 10.5 Å². The van der Waals surface area contributed by atoms with Gasteiger partial charge in [-0.25, -0.2) is 5.53 Å². The van der Waals surface area contributed by atoms with E-state index in [2.05, 4.69) is 47.7 Å². The fourth-order valence-corrected chi connectivity index (χ4v) is 4.51. The number of carbonyl (C=O) groups is 1. The zero-order chi connectivity index (χ0) is 28.4. The lowest BCUT2D eigenvalue weighted by molar-refractivity contribution is -0.137. The molecule has 7 nitrogen and oxygen atoms in total. The molecule has 4 rings (SSSR count). The minimum absolute atomic E-state index is 0.0444. The Hall–Kier alpha value is -4.05. The van der Waals surface area contributed by atoms with Gasteiger partial charge < -0.3 is 4.74 Å². The average Bonchev–Trinajstić information content (AvgIpc) is 3.35. The Bertz CT molecular complexity index is 1340. The Labute approximate surface area is 225 Å². The molecule has 1 aliphatic rings. The first-order chi connectivity index (χ1) is 18.3. The summed E-state index contributed by atoms with van der Waals surface area (Å²) in [6.45, 7) is 10.2. The van der Waals surface area contributed by atoms with Crippen LogP contribution in [0.2, 0.25) is 0 Å². The highest BCUT2D eigenvalue weighted by Crippen LogP contribution is 2.37. The van der Waals surface area contributed by atoms with Crippen LogP contribution in [0, 0.1) is 19.3 Å². The van der Waals surface area contributed by atoms with E-state index in [0.717, 1.165) is 46.4 Å². The maximum atomic E-state index is 13.0. The number of amides is 1. The van der Waals surface area contributed by atoms with Crippen LogP contribution < -0.4 is 26.5 Å². The van der Waals surface area contributed by atoms with Crippen molar-refractivity contribution in [1.29, 1.82) is 0 Å². The Morgan fingerprint density at radius 1 is 0.974 bits per heavy atom. The first-order valence-corrected chi connectivity index (χ1v) is 12.5. The number of hydrogen-bond donors (Lipinski definition) is 4. The summed E-state index contributed by atoms with van der Waals surface area (Å²) in [5.41, 5.74) is 11.8. The molecule has 0 saturated heterocycles. The molecule has 3 aromatic rings. The largest absolute Gasteiger partial charge is 0.486 e. The Kier molecular flexibility index (Phi) is 7.87. The minimum Gasteiger partial charge on any atom is -0.486 e. The van der Waals surface area contributed by atoms with E-state index in [0.29, 0.717) is 11.3 Å². The molecule has 0 saturated carbocycles. The molecule has 1 atom stereocenters. The van der Waals surface area contributed by atoms with Crippen molar-refractivity contribution in [2.75, 3.05) is 0 Å². The van der Waals surface area contributed by atoms with Gasteiger partial charge >= 0.3 is 6.18 Å². The predicted octanol–water partition coefficient (Wildman–Crippen LogP) is 6.16. The molecule has 1 aliphatic heterocycles. The number of nitrogens with zero attached hydrogens (tertiary/aromatic N) is 1. The number of benzene rings is 3. The van der Waals surface area contributed by atoms with Crippen molar-refractivity contribution >= 4 is 11.9 Å². The van der Waals surface area contributed by atoms with Gasteiger partial charge in [0, 0.05) is 5.56 Å². The van der Waals surface area contributed by atoms with Gasteiger partial charge in [-0.15, -0.1) is 10.6 Å². The molecule has 4 N–H and O–H groups in total. The second-order valence-electron chi connectivity index (χ2n) is 10.8. The summed E-state index contributed by atoms with van der Waals surface area (Å²) in [6, 6.07) is 16.3. The van der Waals surface area contributed by atoms with Crippen molar-refractivity contribution in [2.45, 2.75) is 53.3 Å². The monoisotopic (exact) mass is 539 g/mol. The number of ether oxygens (including phenoxy) is 1. The van der Waals surface area contributed by atoms with Crippen LogP contribution in [0.1, 0.15) is 65.9 Å². The molecule has 0 fully saturated rings. The molecule has 0 aliphatic carbocycles. The lowest BCUT2D eigenvalue weighted by Crippen LogP contribution is -2.43. The first kappa shape index (κ1) is 28.0. The van der Waals surface area contributed by atoms with Gasteiger partial charge in [-0.2, -0.15) is 13.2 Å². The van der Waals surface area contributed by atoms with E-state index in [1.807, 2.05) is 38.1 Å². The number of carbonyl (C=O) groups excluding carboxylic acids is 1. The van der Waals surface area contributed by atoms with Crippen LogP contribution in [0.4, 0.5) is 13.2 Å². The first-order valence-electron chi connectivity index (χ1n) is 12.5. The smallest absolute Gasteiger partial charge is 0.416 e. The third-order valence-electron chi connectivity index (χ3n) is 6.26. The predicted molar refractivity (Wildman–Crippen MR) is 145 cm³/mol. The van der Waals surface area contributed by atoms with Crippen LogP contribution in [0.3, 0.4) is 0 Å². The van der Waals surface area contributed by atoms with Gasteiger partial charge in [-0.05, 0) is 89.9 Å². The number of rotatable bonds is 6. The third kappa shape index (κ3) is 7.08. The van der Waals surface area contributed by atoms with E-state index in [1.54, 1.807) is 12.1 Å². The number of alkyl halides is 3. The summed E-state index contributed by atoms with van der Waals surface area (Å²) in [5, 5.41) is 6.49. The van der Waals surface area contributed by atoms with E-state index >= 15 is 0 Å². The van der Waals surface area contributed by atoms with Crippen molar-refractivity contribution in [1.82, 2.24) is 21.8 Å². The highest BCUT2D eigenvalue weighted by atomic mass is 19.4. The second kappa shape index (κ2) is 11.0. The van der Waals surface area contributed by atoms with Crippen molar-refractivity contribution in [3.05, 3.63) is 88.5 Å². The molecule has 39 heavy (non-hydrogen) atoms. The molecule has 1 amide bonds. The van der Waals surface area contributed by atoms with Gasteiger partial charge in [0.15, 0.2) is 0 Å². The lowest BCUT2D eigenvalue weighted by atomic mass is 9.86. The summed E-state index contributed by atoms with van der Waals surface area (Å²) in [4.78, 5) is 12.5. The van der Waals surface area contributed by atoms with E-state index in [-0.39, 0.29) is 23.4 Å². The summed E-state index contributed by atoms with van der Waals surface area (Å²) in [7, 11) is 0. The van der Waals surface area contributed by atoms with E-state index in [1.165, 1.54) is 12.1 Å². The average molecular weight is 540 g/mol. The SMILES string of the molecule is Cc1cc(OC(CC(C)(C)C)c2ccc(C(=O)NC3=NNNN3)cc2)cc(C)c1-c1ccc(C(F)(F)F)cc1. The number of halogens is 3. The summed E-state index contributed by atoms with van der Waals surface area (Å²) in [6.07, 6.45) is -3.94. The Balaban J connectivity index is 1.56. The number of hydrazine groups is 2. The molecule has 10 heteroatoms. The van der Waals surface area contributed by atoms with Crippen LogP contribution in [-0.4, -0.2) is 11.9 Å². The Morgan fingerprint density at radius 2 is 1.59 bits per heavy atom. The van der Waals surface area contributed by atoms with Crippen LogP contribution in [0.25, 0.3) is 11.1 Å². The molecular formula is C29H32F3N5O2. The quantitative estimate of drug-likeness (QED) is 0.302. The molecule has 0 radical (unpaired) electrons. The zero-order valence-corrected chi connectivity index (χ0v) is 22.5. The minimum atomic E-state index is -4.37. The zero-order valence-electron chi connectivity index (χ0n) is 22.5. The van der Waals surface area contributed by atoms with Crippen LogP contribution in [0.5, 0.6) is 5.75 Å². The summed E-state index contributed by atoms with van der Waals surface area (Å²) in [5.74, 6) is 0.627. The fourth-order valence-electron chi connectivity index (χ4n) is 4.51. The van der Waals surface area contributed by atoms with Gasteiger partial charge in [-0.1, -0.05) is 45.0 Å². The molecule has 0 bridgehead atoms. The van der Waals surface area contributed by atoms with E-state index < -0.39 is 11.7 Å². The van der Waals surface area contributed by atoms with Crippen molar-refractivity contribution in [3.8, 4) is 16.9 Å². The van der Waals surface area contributed by atoms with Crippen molar-refractivity contribution in [3.63, 3.8) is 0 Å². The van der Waals surface area contributed by atoms with Gasteiger partial charge in [0.05, 0.1) is 5.56 Å². The molecular weight excluding hydrogens is 507 g/mol. The van der Waals surface area contributed by atoms with E-state index in [9.17, 15) is 18.0 Å². The fraction of sp³-hybridized carbons (Fsp3) is 0.310. The summed E-state index contributed by atoms with van der Waals surface area (Å²) < 4.78 is 45.5. The molecule has 0 spiro atoms. The number of nitrogens with one attached hydrogen (secondary N) is 4. The topological polar surface area (TPSA) is 86.8 Å². The van der Waals surface area contributed by atoms with Gasteiger partial charge in [0.25, 0.3) is 5.91 Å². The lowest BCUT2D eigenvalue weighted by Gasteiger charge is -2.28. The van der Waals surface area contributed by atoms with Gasteiger partial charge in [0.1, 0.15) is 11.9 Å².